The van der Waals surface area contributed by atoms with Gasteiger partial charge in [0.25, 0.3) is 0 Å². The van der Waals surface area contributed by atoms with Crippen LogP contribution in [-0.4, -0.2) is 0 Å². The van der Waals surface area contributed by atoms with Gasteiger partial charge in [-0.1, -0.05) is 12.1 Å². The Morgan fingerprint density at radius 2 is 1.05 bits per heavy atom. The van der Waals surface area contributed by atoms with E-state index in [0.29, 0.717) is 0 Å². The quantitative estimate of drug-likeness (QED) is 0.490. The van der Waals surface area contributed by atoms with Gasteiger partial charge in [0.05, 0.1) is 0 Å². The van der Waals surface area contributed by atoms with Crippen LogP contribution in [0.4, 0.5) is 0 Å². The second-order valence-electron chi connectivity index (χ2n) is 6.67. The number of rotatable bonds is 0. The molecule has 1 heteroatoms. The van der Waals surface area contributed by atoms with Gasteiger partial charge in [-0.2, -0.15) is 0 Å². The molecular weight excluding hydrogens is 272 g/mol. The molecule has 3 aromatic rings. The van der Waals surface area contributed by atoms with E-state index >= 15 is 0 Å². The minimum atomic E-state index is 1.29. The first-order chi connectivity index (χ1) is 10.4. The topological polar surface area (TPSA) is 0 Å². The van der Waals surface area contributed by atoms with E-state index in [4.69, 9.17) is 0 Å². The maximum Gasteiger partial charge on any atom is 0.0358 e. The van der Waals surface area contributed by atoms with E-state index in [2.05, 4.69) is 24.3 Å². The Morgan fingerprint density at radius 1 is 0.571 bits per heavy atom. The fourth-order valence-corrected chi connectivity index (χ4v) is 5.61. The maximum atomic E-state index is 2.40. The van der Waals surface area contributed by atoms with E-state index in [9.17, 15) is 0 Å². The monoisotopic (exact) mass is 292 g/mol. The highest BCUT2D eigenvalue weighted by atomic mass is 32.1. The van der Waals surface area contributed by atoms with Crippen molar-refractivity contribution in [2.75, 3.05) is 0 Å². The Hall–Kier alpha value is -1.34. The Labute approximate surface area is 129 Å². The summed E-state index contributed by atoms with van der Waals surface area (Å²) in [6.07, 6.45) is 10.7. The van der Waals surface area contributed by atoms with Crippen LogP contribution in [0.1, 0.15) is 47.9 Å². The highest BCUT2D eigenvalue weighted by Gasteiger charge is 2.20. The molecule has 0 unspecified atom stereocenters. The van der Waals surface area contributed by atoms with Crippen LogP contribution in [0, 0.1) is 0 Å². The summed E-state index contributed by atoms with van der Waals surface area (Å²) in [6, 6.07) is 9.58. The average molecular weight is 292 g/mol. The summed E-state index contributed by atoms with van der Waals surface area (Å²) in [5, 5.41) is 3.26. The molecule has 1 heterocycles. The molecule has 0 bridgehead atoms. The third-order valence-electron chi connectivity index (χ3n) is 5.46. The SMILES string of the molecule is c1cc2sc3ccc4c(c3c2c2c1CCCC2)CCCC4. The van der Waals surface area contributed by atoms with Gasteiger partial charge in [0, 0.05) is 20.2 Å². The standard InChI is InChI=1S/C20H20S/c1-3-7-15-13(5-1)9-11-17-19(15)20-16-8-4-2-6-14(16)10-12-18(20)21-17/h9-12H,1-8H2. The molecule has 0 spiro atoms. The fourth-order valence-electron chi connectivity index (χ4n) is 4.45. The first-order valence-corrected chi connectivity index (χ1v) is 9.21. The van der Waals surface area contributed by atoms with Gasteiger partial charge < -0.3 is 0 Å². The summed E-state index contributed by atoms with van der Waals surface area (Å²) >= 11 is 2.01. The van der Waals surface area contributed by atoms with Crippen LogP contribution in [0.2, 0.25) is 0 Å². The van der Waals surface area contributed by atoms with Crippen LogP contribution in [0.5, 0.6) is 0 Å². The van der Waals surface area contributed by atoms with Gasteiger partial charge in [-0.25, -0.2) is 0 Å². The first kappa shape index (κ1) is 12.2. The van der Waals surface area contributed by atoms with Gasteiger partial charge in [0.2, 0.25) is 0 Å². The van der Waals surface area contributed by atoms with Crippen molar-refractivity contribution in [3.63, 3.8) is 0 Å². The first-order valence-electron chi connectivity index (χ1n) is 8.39. The normalized spacial score (nSPS) is 17.9. The second-order valence-corrected chi connectivity index (χ2v) is 7.75. The molecule has 1 aromatic heterocycles. The van der Waals surface area contributed by atoms with Crippen LogP contribution >= 0.6 is 11.3 Å². The van der Waals surface area contributed by atoms with E-state index < -0.39 is 0 Å². The van der Waals surface area contributed by atoms with Crippen LogP contribution in [0.25, 0.3) is 20.2 Å². The van der Waals surface area contributed by atoms with Crippen molar-refractivity contribution in [1.82, 2.24) is 0 Å². The Morgan fingerprint density at radius 3 is 1.57 bits per heavy atom. The fraction of sp³-hybridized carbons (Fsp3) is 0.400. The largest absolute Gasteiger partial charge is 0.135 e. The molecule has 0 radical (unpaired) electrons. The highest BCUT2D eigenvalue weighted by molar-refractivity contribution is 7.25. The van der Waals surface area contributed by atoms with Crippen molar-refractivity contribution in [2.45, 2.75) is 51.4 Å². The maximum absolute atomic E-state index is 2.40. The number of benzene rings is 2. The van der Waals surface area contributed by atoms with Gasteiger partial charge in [0.15, 0.2) is 0 Å². The molecule has 0 saturated heterocycles. The van der Waals surface area contributed by atoms with Gasteiger partial charge in [-0.15, -0.1) is 11.3 Å². The molecule has 0 N–H and O–H groups in total. The van der Waals surface area contributed by atoms with Crippen molar-refractivity contribution in [1.29, 1.82) is 0 Å². The lowest BCUT2D eigenvalue weighted by molar-refractivity contribution is 0.688. The zero-order chi connectivity index (χ0) is 13.8. The third kappa shape index (κ3) is 1.73. The lowest BCUT2D eigenvalue weighted by Gasteiger charge is -2.20. The third-order valence-corrected chi connectivity index (χ3v) is 6.58. The predicted octanol–water partition coefficient (Wildman–Crippen LogP) is 5.81. The molecular formula is C20H20S. The molecule has 0 fully saturated rings. The van der Waals surface area contributed by atoms with Crippen molar-refractivity contribution in [2.24, 2.45) is 0 Å². The Balaban J connectivity index is 1.95. The number of fused-ring (bicyclic) bond motifs is 7. The molecule has 0 atom stereocenters. The molecule has 106 valence electrons. The number of thiophene rings is 1. The number of aryl methyl sites for hydroxylation is 4. The zero-order valence-electron chi connectivity index (χ0n) is 12.4. The van der Waals surface area contributed by atoms with Crippen LogP contribution in [-0.2, 0) is 25.7 Å². The molecule has 2 aromatic carbocycles. The summed E-state index contributed by atoms with van der Waals surface area (Å²) in [6.45, 7) is 0. The van der Waals surface area contributed by atoms with Crippen molar-refractivity contribution >= 4 is 31.5 Å². The lowest BCUT2D eigenvalue weighted by Crippen LogP contribution is -2.05. The van der Waals surface area contributed by atoms with E-state index in [-0.39, 0.29) is 0 Å². The number of hydrogen-bond acceptors (Lipinski definition) is 1. The van der Waals surface area contributed by atoms with E-state index in [1.54, 1.807) is 33.0 Å². The van der Waals surface area contributed by atoms with Crippen LogP contribution < -0.4 is 0 Å². The molecule has 0 nitrogen and oxygen atoms in total. The van der Waals surface area contributed by atoms with Crippen LogP contribution in [0.3, 0.4) is 0 Å². The minimum absolute atomic E-state index is 1.29. The van der Waals surface area contributed by atoms with Crippen molar-refractivity contribution in [3.8, 4) is 0 Å². The Kier molecular flexibility index (Phi) is 2.66. The minimum Gasteiger partial charge on any atom is -0.135 e. The second kappa shape index (κ2) is 4.58. The molecule has 0 aliphatic heterocycles. The summed E-state index contributed by atoms with van der Waals surface area (Å²) in [4.78, 5) is 0. The molecule has 0 amide bonds. The van der Waals surface area contributed by atoms with Crippen LogP contribution in [0.15, 0.2) is 24.3 Å². The zero-order valence-corrected chi connectivity index (χ0v) is 13.2. The lowest BCUT2D eigenvalue weighted by atomic mass is 9.84. The highest BCUT2D eigenvalue weighted by Crippen LogP contribution is 2.43. The molecule has 2 aliphatic carbocycles. The molecule has 5 rings (SSSR count). The summed E-state index contributed by atoms with van der Waals surface area (Å²) in [7, 11) is 0. The molecule has 2 aliphatic rings. The van der Waals surface area contributed by atoms with E-state index in [0.717, 1.165) is 0 Å². The van der Waals surface area contributed by atoms with E-state index in [1.165, 1.54) is 60.8 Å². The van der Waals surface area contributed by atoms with Crippen molar-refractivity contribution in [3.05, 3.63) is 46.5 Å². The average Bonchev–Trinajstić information content (AvgIpc) is 2.94. The summed E-state index contributed by atoms with van der Waals surface area (Å²) in [5.41, 5.74) is 6.62. The van der Waals surface area contributed by atoms with E-state index in [1.807, 2.05) is 11.3 Å². The van der Waals surface area contributed by atoms with Crippen molar-refractivity contribution < 1.29 is 0 Å². The Bertz CT molecular complexity index is 783. The van der Waals surface area contributed by atoms with Gasteiger partial charge in [-0.05, 0) is 85.8 Å². The molecule has 21 heavy (non-hydrogen) atoms. The molecule has 0 saturated carbocycles. The smallest absolute Gasteiger partial charge is 0.0358 e. The van der Waals surface area contributed by atoms with Gasteiger partial charge >= 0.3 is 0 Å². The summed E-state index contributed by atoms with van der Waals surface area (Å²) in [5.74, 6) is 0. The van der Waals surface area contributed by atoms with Gasteiger partial charge in [0.1, 0.15) is 0 Å². The summed E-state index contributed by atoms with van der Waals surface area (Å²) < 4.78 is 3.04. The number of hydrogen-bond donors (Lipinski definition) is 0. The predicted molar refractivity (Wildman–Crippen MR) is 92.6 cm³/mol. The van der Waals surface area contributed by atoms with Gasteiger partial charge in [-0.3, -0.25) is 0 Å².